The fourth-order valence-electron chi connectivity index (χ4n) is 1.32. The summed E-state index contributed by atoms with van der Waals surface area (Å²) in [6.45, 7) is 2.08. The van der Waals surface area contributed by atoms with Gasteiger partial charge in [0.05, 0.1) is 18.4 Å². The first-order valence-corrected chi connectivity index (χ1v) is 5.37. The van der Waals surface area contributed by atoms with Crippen molar-refractivity contribution in [3.05, 3.63) is 23.8 Å². The fourth-order valence-corrected chi connectivity index (χ4v) is 1.32. The van der Waals surface area contributed by atoms with Gasteiger partial charge in [-0.25, -0.2) is 4.79 Å². The molecule has 0 aliphatic carbocycles. The highest BCUT2D eigenvalue weighted by molar-refractivity contribution is 6.01. The largest absolute Gasteiger partial charge is 0.497 e. The van der Waals surface area contributed by atoms with Crippen LogP contribution in [0.15, 0.2) is 18.2 Å². The third-order valence-electron chi connectivity index (χ3n) is 2.17. The summed E-state index contributed by atoms with van der Waals surface area (Å²) < 4.78 is 9.86. The highest BCUT2D eigenvalue weighted by Crippen LogP contribution is 2.22. The van der Waals surface area contributed by atoms with Crippen molar-refractivity contribution in [1.82, 2.24) is 0 Å². The van der Waals surface area contributed by atoms with Crippen LogP contribution in [0, 0.1) is 0 Å². The van der Waals surface area contributed by atoms with Crippen LogP contribution in [0.1, 0.15) is 17.3 Å². The first-order chi connectivity index (χ1) is 8.58. The Morgan fingerprint density at radius 2 is 2.11 bits per heavy atom. The van der Waals surface area contributed by atoms with Gasteiger partial charge in [-0.3, -0.25) is 4.79 Å². The number of carboxylic acid groups (broad SMARTS) is 1. The Morgan fingerprint density at radius 1 is 1.39 bits per heavy atom. The van der Waals surface area contributed by atoms with Crippen molar-refractivity contribution in [2.75, 3.05) is 25.6 Å². The summed E-state index contributed by atoms with van der Waals surface area (Å²) in [5, 5.41) is 11.5. The van der Waals surface area contributed by atoms with Crippen molar-refractivity contribution in [1.29, 1.82) is 0 Å². The molecule has 0 aromatic heterocycles. The number of carboxylic acids is 1. The highest BCUT2D eigenvalue weighted by Gasteiger charge is 2.13. The summed E-state index contributed by atoms with van der Waals surface area (Å²) in [6.07, 6.45) is 0. The topological polar surface area (TPSA) is 84.9 Å². The SMILES string of the molecule is CCOCC(=O)Nc1ccc(OC)cc1C(=O)O. The quantitative estimate of drug-likeness (QED) is 0.799. The number of nitrogens with one attached hydrogen (secondary N) is 1. The number of ether oxygens (including phenoxy) is 2. The number of aromatic carboxylic acids is 1. The van der Waals surface area contributed by atoms with E-state index in [1.54, 1.807) is 13.0 Å². The zero-order valence-electron chi connectivity index (χ0n) is 10.2. The number of methoxy groups -OCH3 is 1. The summed E-state index contributed by atoms with van der Waals surface area (Å²) in [5.74, 6) is -1.12. The lowest BCUT2D eigenvalue weighted by Crippen LogP contribution is -2.19. The van der Waals surface area contributed by atoms with Crippen LogP contribution in [0.25, 0.3) is 0 Å². The van der Waals surface area contributed by atoms with Gasteiger partial charge >= 0.3 is 5.97 Å². The number of hydrogen-bond acceptors (Lipinski definition) is 4. The molecular formula is C12H15NO5. The standard InChI is InChI=1S/C12H15NO5/c1-3-18-7-11(14)13-10-5-4-8(17-2)6-9(10)12(15)16/h4-6H,3,7H2,1-2H3,(H,13,14)(H,15,16). The van der Waals surface area contributed by atoms with E-state index in [1.807, 2.05) is 0 Å². The van der Waals surface area contributed by atoms with Gasteiger partial charge in [-0.15, -0.1) is 0 Å². The van der Waals surface area contributed by atoms with Gasteiger partial charge in [0, 0.05) is 6.61 Å². The third kappa shape index (κ3) is 3.74. The number of hydrogen-bond donors (Lipinski definition) is 2. The molecule has 1 amide bonds. The van der Waals surface area contributed by atoms with Gasteiger partial charge in [0.2, 0.25) is 5.91 Å². The molecule has 0 saturated carbocycles. The van der Waals surface area contributed by atoms with Crippen molar-refractivity contribution >= 4 is 17.6 Å². The maximum absolute atomic E-state index is 11.4. The van der Waals surface area contributed by atoms with Crippen LogP contribution in [0.5, 0.6) is 5.75 Å². The van der Waals surface area contributed by atoms with Crippen LogP contribution in [0.4, 0.5) is 5.69 Å². The molecule has 6 heteroatoms. The lowest BCUT2D eigenvalue weighted by atomic mass is 10.1. The van der Waals surface area contributed by atoms with Gasteiger partial charge in [0.15, 0.2) is 0 Å². The van der Waals surface area contributed by atoms with E-state index in [0.717, 1.165) is 0 Å². The maximum Gasteiger partial charge on any atom is 0.337 e. The van der Waals surface area contributed by atoms with E-state index in [9.17, 15) is 9.59 Å². The van der Waals surface area contributed by atoms with E-state index in [0.29, 0.717) is 12.4 Å². The van der Waals surface area contributed by atoms with E-state index in [2.05, 4.69) is 5.32 Å². The summed E-state index contributed by atoms with van der Waals surface area (Å²) >= 11 is 0. The Hall–Kier alpha value is -2.08. The molecule has 0 heterocycles. The Bertz CT molecular complexity index is 444. The number of benzene rings is 1. The maximum atomic E-state index is 11.4. The van der Waals surface area contributed by atoms with E-state index in [1.165, 1.54) is 19.2 Å². The molecule has 18 heavy (non-hydrogen) atoms. The molecule has 0 radical (unpaired) electrons. The lowest BCUT2D eigenvalue weighted by Gasteiger charge is -2.10. The molecule has 0 spiro atoms. The molecule has 0 unspecified atom stereocenters. The Kier molecular flexibility index (Phi) is 5.13. The van der Waals surface area contributed by atoms with Gasteiger partial charge in [-0.2, -0.15) is 0 Å². The van der Waals surface area contributed by atoms with Gasteiger partial charge in [0.1, 0.15) is 12.4 Å². The van der Waals surface area contributed by atoms with Gasteiger partial charge < -0.3 is 19.9 Å². The van der Waals surface area contributed by atoms with Crippen molar-refractivity contribution in [2.24, 2.45) is 0 Å². The van der Waals surface area contributed by atoms with Gasteiger partial charge in [-0.1, -0.05) is 0 Å². The average Bonchev–Trinajstić information content (AvgIpc) is 2.36. The van der Waals surface area contributed by atoms with Crippen LogP contribution >= 0.6 is 0 Å². The highest BCUT2D eigenvalue weighted by atomic mass is 16.5. The molecule has 0 fully saturated rings. The number of carbonyl (C=O) groups excluding carboxylic acids is 1. The summed E-state index contributed by atoms with van der Waals surface area (Å²) in [4.78, 5) is 22.5. The van der Waals surface area contributed by atoms with Crippen molar-refractivity contribution in [2.45, 2.75) is 6.92 Å². The minimum atomic E-state index is -1.14. The number of amides is 1. The Labute approximate surface area is 105 Å². The van der Waals surface area contributed by atoms with Crippen LogP contribution in [-0.4, -0.2) is 37.3 Å². The van der Waals surface area contributed by atoms with Crippen LogP contribution in [0.2, 0.25) is 0 Å². The molecule has 0 saturated heterocycles. The monoisotopic (exact) mass is 253 g/mol. The number of carbonyl (C=O) groups is 2. The van der Waals surface area contributed by atoms with E-state index >= 15 is 0 Å². The minimum Gasteiger partial charge on any atom is -0.497 e. The molecular weight excluding hydrogens is 238 g/mol. The second kappa shape index (κ2) is 6.61. The van der Waals surface area contributed by atoms with Gasteiger partial charge in [-0.05, 0) is 25.1 Å². The Morgan fingerprint density at radius 3 is 2.67 bits per heavy atom. The molecule has 1 rings (SSSR count). The molecule has 6 nitrogen and oxygen atoms in total. The summed E-state index contributed by atoms with van der Waals surface area (Å²) in [5.41, 5.74) is 0.187. The normalized spacial score (nSPS) is 9.89. The molecule has 1 aromatic rings. The second-order valence-electron chi connectivity index (χ2n) is 3.40. The molecule has 0 aliphatic heterocycles. The zero-order valence-corrected chi connectivity index (χ0v) is 10.2. The van der Waals surface area contributed by atoms with E-state index < -0.39 is 11.9 Å². The predicted molar refractivity (Wildman–Crippen MR) is 65.1 cm³/mol. The lowest BCUT2D eigenvalue weighted by molar-refractivity contribution is -0.120. The average molecular weight is 253 g/mol. The fraction of sp³-hybridized carbons (Fsp3) is 0.333. The molecule has 0 aliphatic rings. The zero-order chi connectivity index (χ0) is 13.5. The van der Waals surface area contributed by atoms with Crippen molar-refractivity contribution in [3.63, 3.8) is 0 Å². The van der Waals surface area contributed by atoms with E-state index in [-0.39, 0.29) is 17.9 Å². The van der Waals surface area contributed by atoms with Gasteiger partial charge in [0.25, 0.3) is 0 Å². The molecule has 0 atom stereocenters. The predicted octanol–water partition coefficient (Wildman–Crippen LogP) is 1.37. The van der Waals surface area contributed by atoms with Crippen LogP contribution < -0.4 is 10.1 Å². The van der Waals surface area contributed by atoms with Crippen molar-refractivity contribution < 1.29 is 24.2 Å². The molecule has 1 aromatic carbocycles. The third-order valence-corrected chi connectivity index (χ3v) is 2.17. The first kappa shape index (κ1) is 14.0. The van der Waals surface area contributed by atoms with E-state index in [4.69, 9.17) is 14.6 Å². The molecule has 98 valence electrons. The first-order valence-electron chi connectivity index (χ1n) is 5.37. The summed E-state index contributed by atoms with van der Waals surface area (Å²) in [7, 11) is 1.44. The smallest absolute Gasteiger partial charge is 0.337 e. The van der Waals surface area contributed by atoms with Crippen LogP contribution in [0.3, 0.4) is 0 Å². The second-order valence-corrected chi connectivity index (χ2v) is 3.40. The molecule has 2 N–H and O–H groups in total. The van der Waals surface area contributed by atoms with Crippen LogP contribution in [-0.2, 0) is 9.53 Å². The number of anilines is 1. The minimum absolute atomic E-state index is 0.0285. The molecule has 0 bridgehead atoms. The van der Waals surface area contributed by atoms with Crippen molar-refractivity contribution in [3.8, 4) is 5.75 Å². The number of rotatable bonds is 6. The Balaban J connectivity index is 2.87. The summed E-state index contributed by atoms with van der Waals surface area (Å²) in [6, 6.07) is 4.40.